The number of hydrogen-bond acceptors (Lipinski definition) is 5. The number of methoxy groups -OCH3 is 1. The number of benzene rings is 2. The molecule has 10 heteroatoms. The number of sulfonamides is 1. The van der Waals surface area contributed by atoms with Crippen molar-refractivity contribution in [2.75, 3.05) is 14.2 Å². The molecule has 0 aromatic heterocycles. The Kier molecular flexibility index (Phi) is 7.74. The number of ether oxygens (including phenoxy) is 2. The van der Waals surface area contributed by atoms with E-state index in [4.69, 9.17) is 4.74 Å². The van der Waals surface area contributed by atoms with Gasteiger partial charge in [-0.3, -0.25) is 4.79 Å². The minimum absolute atomic E-state index is 0.00869. The lowest BCUT2D eigenvalue weighted by molar-refractivity contribution is -0.0512. The van der Waals surface area contributed by atoms with Crippen LogP contribution in [0.4, 0.5) is 8.78 Å². The molecule has 0 atom stereocenters. The molecule has 30 heavy (non-hydrogen) atoms. The van der Waals surface area contributed by atoms with Crippen LogP contribution in [0, 0.1) is 0 Å². The first kappa shape index (κ1) is 23.6. The number of nitrogens with zero attached hydrogens (tertiary/aromatic N) is 1. The van der Waals surface area contributed by atoms with Gasteiger partial charge in [0, 0.05) is 25.2 Å². The highest BCUT2D eigenvalue weighted by atomic mass is 32.2. The molecule has 0 saturated carbocycles. The second-order valence-corrected chi connectivity index (χ2v) is 8.54. The lowest BCUT2D eigenvalue weighted by Crippen LogP contribution is -2.31. The Balaban J connectivity index is 2.19. The monoisotopic (exact) mass is 442 g/mol. The smallest absolute Gasteiger partial charge is 0.387 e. The first-order valence-electron chi connectivity index (χ1n) is 9.03. The van der Waals surface area contributed by atoms with Crippen molar-refractivity contribution in [2.45, 2.75) is 37.9 Å². The van der Waals surface area contributed by atoms with Crippen molar-refractivity contribution in [2.24, 2.45) is 0 Å². The molecule has 0 heterocycles. The molecule has 0 aliphatic heterocycles. The van der Waals surface area contributed by atoms with Gasteiger partial charge in [-0.15, -0.1) is 0 Å². The first-order chi connectivity index (χ1) is 14.0. The molecule has 7 nitrogen and oxygen atoms in total. The van der Waals surface area contributed by atoms with Crippen molar-refractivity contribution in [3.63, 3.8) is 0 Å². The molecule has 0 bridgehead atoms. The quantitative estimate of drug-likeness (QED) is 0.644. The van der Waals surface area contributed by atoms with Crippen LogP contribution in [0.3, 0.4) is 0 Å². The van der Waals surface area contributed by atoms with E-state index in [1.54, 1.807) is 20.9 Å². The topological polar surface area (TPSA) is 84.9 Å². The predicted molar refractivity (Wildman–Crippen MR) is 107 cm³/mol. The maximum absolute atomic E-state index is 12.8. The van der Waals surface area contributed by atoms with Gasteiger partial charge in [-0.25, -0.2) is 13.1 Å². The summed E-state index contributed by atoms with van der Waals surface area (Å²) in [4.78, 5) is 14.1. The van der Waals surface area contributed by atoms with Crippen molar-refractivity contribution in [3.8, 4) is 11.5 Å². The van der Waals surface area contributed by atoms with E-state index in [2.05, 4.69) is 9.46 Å². The summed E-state index contributed by atoms with van der Waals surface area (Å²) in [6.45, 7) is 0.562. The van der Waals surface area contributed by atoms with Crippen molar-refractivity contribution in [3.05, 3.63) is 53.6 Å². The van der Waals surface area contributed by atoms with E-state index in [-0.39, 0.29) is 34.5 Å². The number of hydrogen-bond donors (Lipinski definition) is 1. The summed E-state index contributed by atoms with van der Waals surface area (Å²) in [7, 11) is -0.866. The largest absolute Gasteiger partial charge is 0.493 e. The van der Waals surface area contributed by atoms with Crippen LogP contribution in [0.2, 0.25) is 0 Å². The third kappa shape index (κ3) is 6.14. The summed E-state index contributed by atoms with van der Waals surface area (Å²) in [5, 5.41) is 0. The zero-order valence-corrected chi connectivity index (χ0v) is 17.9. The highest BCUT2D eigenvalue weighted by molar-refractivity contribution is 7.89. The van der Waals surface area contributed by atoms with Crippen LogP contribution < -0.4 is 14.2 Å². The van der Waals surface area contributed by atoms with E-state index in [0.717, 1.165) is 0 Å². The Labute approximate surface area is 174 Å². The van der Waals surface area contributed by atoms with Gasteiger partial charge in [0.2, 0.25) is 10.0 Å². The second-order valence-electron chi connectivity index (χ2n) is 6.83. The van der Waals surface area contributed by atoms with Crippen LogP contribution >= 0.6 is 0 Å². The lowest BCUT2D eigenvalue weighted by atomic mass is 10.1. The molecule has 1 N–H and O–H groups in total. The summed E-state index contributed by atoms with van der Waals surface area (Å²) in [5.74, 6) is -0.397. The Morgan fingerprint density at radius 3 is 2.43 bits per heavy atom. The molecule has 0 radical (unpaired) electrons. The van der Waals surface area contributed by atoms with Crippen LogP contribution in [0.15, 0.2) is 47.4 Å². The van der Waals surface area contributed by atoms with Crippen molar-refractivity contribution in [1.82, 2.24) is 9.62 Å². The van der Waals surface area contributed by atoms with Crippen LogP contribution in [-0.2, 0) is 16.6 Å². The van der Waals surface area contributed by atoms with E-state index in [1.807, 2.05) is 0 Å². The molecule has 0 saturated heterocycles. The normalized spacial score (nSPS) is 11.6. The van der Waals surface area contributed by atoms with Crippen LogP contribution in [0.5, 0.6) is 11.5 Å². The van der Waals surface area contributed by atoms with Gasteiger partial charge >= 0.3 is 6.61 Å². The molecule has 0 aliphatic carbocycles. The molecule has 2 aromatic carbocycles. The van der Waals surface area contributed by atoms with E-state index in [9.17, 15) is 22.0 Å². The van der Waals surface area contributed by atoms with Gasteiger partial charge in [0.05, 0.1) is 12.0 Å². The number of carbonyl (C=O) groups is 1. The number of amides is 1. The minimum Gasteiger partial charge on any atom is -0.493 e. The summed E-state index contributed by atoms with van der Waals surface area (Å²) in [5.41, 5.74) is 0.823. The minimum atomic E-state index is -3.74. The average Bonchev–Trinajstić information content (AvgIpc) is 2.67. The zero-order chi connectivity index (χ0) is 22.5. The predicted octanol–water partition coefficient (Wildman–Crippen LogP) is 3.26. The summed E-state index contributed by atoms with van der Waals surface area (Å²) >= 11 is 0. The highest BCUT2D eigenvalue weighted by Crippen LogP contribution is 2.30. The van der Waals surface area contributed by atoms with E-state index < -0.39 is 22.5 Å². The van der Waals surface area contributed by atoms with E-state index in [1.165, 1.54) is 54.5 Å². The number of carbonyl (C=O) groups excluding carboxylic acids is 1. The number of halogens is 2. The van der Waals surface area contributed by atoms with Crippen LogP contribution in [0.25, 0.3) is 0 Å². The first-order valence-corrected chi connectivity index (χ1v) is 10.5. The summed E-state index contributed by atoms with van der Waals surface area (Å²) < 4.78 is 61.5. The molecule has 0 aliphatic rings. The van der Waals surface area contributed by atoms with Gasteiger partial charge in [-0.05, 0) is 49.7 Å². The van der Waals surface area contributed by atoms with Crippen LogP contribution in [-0.4, -0.2) is 46.0 Å². The molecular formula is C20H24F2N2O5S. The number of nitrogens with one attached hydrogen (secondary N) is 1. The summed E-state index contributed by atoms with van der Waals surface area (Å²) in [6.07, 6.45) is 0. The highest BCUT2D eigenvalue weighted by Gasteiger charge is 2.19. The van der Waals surface area contributed by atoms with Gasteiger partial charge in [0.25, 0.3) is 5.91 Å². The van der Waals surface area contributed by atoms with E-state index in [0.29, 0.717) is 5.56 Å². The fraction of sp³-hybridized carbons (Fsp3) is 0.350. The number of rotatable bonds is 9. The fourth-order valence-electron chi connectivity index (χ4n) is 2.74. The molecule has 2 rings (SSSR count). The van der Waals surface area contributed by atoms with Gasteiger partial charge in [0.15, 0.2) is 11.5 Å². The van der Waals surface area contributed by atoms with Gasteiger partial charge in [-0.2, -0.15) is 8.78 Å². The Hall–Kier alpha value is -2.72. The maximum Gasteiger partial charge on any atom is 0.387 e. The van der Waals surface area contributed by atoms with Crippen molar-refractivity contribution >= 4 is 15.9 Å². The molecule has 0 unspecified atom stereocenters. The molecule has 0 spiro atoms. The Bertz CT molecular complexity index is 996. The fourth-order valence-corrected chi connectivity index (χ4v) is 4.04. The number of alkyl halides is 2. The standard InChI is InChI=1S/C20H24F2N2O5S/c1-13(2)23-30(26,27)16-7-5-6-15(11-16)19(25)24(3)12-14-8-9-17(29-20(21)22)18(10-14)28-4/h5-11,13,20,23H,12H2,1-4H3. The van der Waals surface area contributed by atoms with E-state index >= 15 is 0 Å². The van der Waals surface area contributed by atoms with Gasteiger partial charge in [0.1, 0.15) is 0 Å². The van der Waals surface area contributed by atoms with Gasteiger partial charge < -0.3 is 14.4 Å². The third-order valence-corrected chi connectivity index (χ3v) is 5.65. The van der Waals surface area contributed by atoms with Crippen molar-refractivity contribution in [1.29, 1.82) is 0 Å². The Morgan fingerprint density at radius 2 is 1.83 bits per heavy atom. The molecule has 2 aromatic rings. The molecular weight excluding hydrogens is 418 g/mol. The lowest BCUT2D eigenvalue weighted by Gasteiger charge is -2.19. The second kappa shape index (κ2) is 9.86. The van der Waals surface area contributed by atoms with Crippen molar-refractivity contribution < 1.29 is 31.5 Å². The third-order valence-electron chi connectivity index (χ3n) is 3.99. The summed E-state index contributed by atoms with van der Waals surface area (Å²) in [6, 6.07) is 9.82. The SMILES string of the molecule is COc1cc(CN(C)C(=O)c2cccc(S(=O)(=O)NC(C)C)c2)ccc1OC(F)F. The molecule has 0 fully saturated rings. The zero-order valence-electron chi connectivity index (χ0n) is 17.1. The van der Waals surface area contributed by atoms with Crippen LogP contribution in [0.1, 0.15) is 29.8 Å². The maximum atomic E-state index is 12.8. The average molecular weight is 442 g/mol. The Morgan fingerprint density at radius 1 is 1.13 bits per heavy atom. The molecule has 1 amide bonds. The van der Waals surface area contributed by atoms with Gasteiger partial charge in [-0.1, -0.05) is 12.1 Å². The molecule has 164 valence electrons.